The summed E-state index contributed by atoms with van der Waals surface area (Å²) in [6, 6.07) is 0. The van der Waals surface area contributed by atoms with Crippen molar-refractivity contribution in [2.45, 2.75) is 19.4 Å². The summed E-state index contributed by atoms with van der Waals surface area (Å²) in [7, 11) is 0. The topological polar surface area (TPSA) is 105 Å². The maximum absolute atomic E-state index is 11.0. The van der Waals surface area contributed by atoms with Crippen molar-refractivity contribution in [3.8, 4) is 0 Å². The molecule has 0 saturated carbocycles. The van der Waals surface area contributed by atoms with E-state index in [0.29, 0.717) is 11.5 Å². The van der Waals surface area contributed by atoms with Gasteiger partial charge in [0.2, 0.25) is 0 Å². The van der Waals surface area contributed by atoms with E-state index in [2.05, 4.69) is 25.8 Å². The smallest absolute Gasteiger partial charge is 0.328 e. The molecule has 2 heterocycles. The van der Waals surface area contributed by atoms with Crippen LogP contribution in [0.2, 0.25) is 0 Å². The van der Waals surface area contributed by atoms with Crippen molar-refractivity contribution in [1.82, 2.24) is 25.0 Å². The first-order valence-corrected chi connectivity index (χ1v) is 4.54. The minimum atomic E-state index is -1.12. The maximum atomic E-state index is 11.0. The van der Waals surface area contributed by atoms with Gasteiger partial charge in [0.25, 0.3) is 0 Å². The molecule has 2 aromatic rings. The predicted octanol–water partition coefficient (Wildman–Crippen LogP) is -0.206. The van der Waals surface area contributed by atoms with Crippen LogP contribution in [0, 0.1) is 0 Å². The molecule has 16 heavy (non-hydrogen) atoms. The number of hydrogen-bond acceptors (Lipinski definition) is 6. The number of carbonyl (C=O) groups is 1. The van der Waals surface area contributed by atoms with E-state index < -0.39 is 11.5 Å². The van der Waals surface area contributed by atoms with Gasteiger partial charge in [-0.05, 0) is 24.3 Å². The summed E-state index contributed by atoms with van der Waals surface area (Å²) < 4.78 is 1.39. The lowest BCUT2D eigenvalue weighted by molar-refractivity contribution is -0.141. The summed E-state index contributed by atoms with van der Waals surface area (Å²) >= 11 is 0. The Hall–Kier alpha value is -2.25. The number of hydrogen-bond donors (Lipinski definition) is 2. The molecule has 0 aromatic carbocycles. The number of fused-ring (bicyclic) bond motifs is 1. The largest absolute Gasteiger partial charge is 0.480 e. The number of aromatic nitrogens is 5. The van der Waals surface area contributed by atoms with E-state index in [0.717, 1.165) is 0 Å². The molecule has 84 valence electrons. The average Bonchev–Trinajstić information content (AvgIpc) is 2.65. The monoisotopic (exact) mass is 222 g/mol. The summed E-state index contributed by atoms with van der Waals surface area (Å²) in [6.07, 6.45) is 2.95. The van der Waals surface area contributed by atoms with E-state index in [1.54, 1.807) is 13.8 Å². The van der Waals surface area contributed by atoms with E-state index >= 15 is 0 Å². The Morgan fingerprint density at radius 1 is 1.50 bits per heavy atom. The Morgan fingerprint density at radius 3 is 2.94 bits per heavy atom. The van der Waals surface area contributed by atoms with Gasteiger partial charge in [-0.25, -0.2) is 4.79 Å². The van der Waals surface area contributed by atoms with Gasteiger partial charge in [-0.3, -0.25) is 4.98 Å². The van der Waals surface area contributed by atoms with Gasteiger partial charge < -0.3 is 10.4 Å². The quantitative estimate of drug-likeness (QED) is 0.740. The molecular weight excluding hydrogens is 212 g/mol. The van der Waals surface area contributed by atoms with Crippen molar-refractivity contribution in [3.05, 3.63) is 12.4 Å². The van der Waals surface area contributed by atoms with Gasteiger partial charge in [0.1, 0.15) is 5.54 Å². The van der Waals surface area contributed by atoms with Crippen LogP contribution in [-0.4, -0.2) is 41.6 Å². The highest BCUT2D eigenvalue weighted by Gasteiger charge is 2.27. The molecule has 0 aliphatic carbocycles. The number of carboxylic acid groups (broad SMARTS) is 1. The van der Waals surface area contributed by atoms with Crippen LogP contribution in [0.3, 0.4) is 0 Å². The molecule has 0 aliphatic heterocycles. The van der Waals surface area contributed by atoms with Crippen LogP contribution in [0.25, 0.3) is 5.65 Å². The van der Waals surface area contributed by atoms with E-state index in [1.165, 1.54) is 16.9 Å². The zero-order valence-corrected chi connectivity index (χ0v) is 8.75. The highest BCUT2D eigenvalue weighted by molar-refractivity contribution is 5.81. The summed E-state index contributed by atoms with van der Waals surface area (Å²) in [4.78, 5) is 14.9. The van der Waals surface area contributed by atoms with Gasteiger partial charge in [-0.2, -0.15) is 4.52 Å². The summed E-state index contributed by atoms with van der Waals surface area (Å²) in [6.45, 7) is 3.08. The molecule has 0 atom stereocenters. The van der Waals surface area contributed by atoms with Crippen LogP contribution in [0.5, 0.6) is 0 Å². The van der Waals surface area contributed by atoms with E-state index in [-0.39, 0.29) is 0 Å². The maximum Gasteiger partial charge on any atom is 0.328 e. The van der Waals surface area contributed by atoms with Gasteiger partial charge in [0.05, 0.1) is 12.4 Å². The average molecular weight is 222 g/mol. The molecule has 0 unspecified atom stereocenters. The zero-order chi connectivity index (χ0) is 11.8. The van der Waals surface area contributed by atoms with Gasteiger partial charge in [0.15, 0.2) is 11.5 Å². The highest BCUT2D eigenvalue weighted by atomic mass is 16.4. The third-order valence-electron chi connectivity index (χ3n) is 2.08. The standard InChI is InChI=1S/C8H10N6O2/c1-8(2,7(15)16)10-5-3-9-4-6-11-12-13-14(5)6/h3-4,10H,1-2H3,(H,15,16). The van der Waals surface area contributed by atoms with Crippen molar-refractivity contribution in [2.75, 3.05) is 5.32 Å². The number of carboxylic acids is 1. The molecule has 0 spiro atoms. The van der Waals surface area contributed by atoms with Crippen LogP contribution in [0.4, 0.5) is 5.82 Å². The Kier molecular flexibility index (Phi) is 2.18. The fourth-order valence-electron chi connectivity index (χ4n) is 1.13. The molecule has 0 saturated heterocycles. The Morgan fingerprint density at radius 2 is 2.25 bits per heavy atom. The minimum absolute atomic E-state index is 0.426. The molecule has 0 radical (unpaired) electrons. The Balaban J connectivity index is 2.41. The van der Waals surface area contributed by atoms with Crippen LogP contribution < -0.4 is 5.32 Å². The Bertz CT molecular complexity index is 534. The fourth-order valence-corrected chi connectivity index (χ4v) is 1.13. The lowest BCUT2D eigenvalue weighted by atomic mass is 10.1. The lowest BCUT2D eigenvalue weighted by Gasteiger charge is -2.21. The third-order valence-corrected chi connectivity index (χ3v) is 2.08. The van der Waals surface area contributed by atoms with E-state index in [9.17, 15) is 4.79 Å². The van der Waals surface area contributed by atoms with E-state index in [4.69, 9.17) is 5.11 Å². The normalized spacial score (nSPS) is 11.6. The zero-order valence-electron chi connectivity index (χ0n) is 8.75. The van der Waals surface area contributed by atoms with E-state index in [1.807, 2.05) is 0 Å². The minimum Gasteiger partial charge on any atom is -0.480 e. The SMILES string of the molecule is CC(C)(Nc1cncc2nnnn12)C(=O)O. The molecule has 2 aromatic heterocycles. The van der Waals surface area contributed by atoms with Crippen molar-refractivity contribution in [3.63, 3.8) is 0 Å². The van der Waals surface area contributed by atoms with Gasteiger partial charge in [0, 0.05) is 0 Å². The van der Waals surface area contributed by atoms with Crippen molar-refractivity contribution in [2.24, 2.45) is 0 Å². The second kappa shape index (κ2) is 3.40. The predicted molar refractivity (Wildman–Crippen MR) is 53.9 cm³/mol. The second-order valence-corrected chi connectivity index (χ2v) is 3.80. The van der Waals surface area contributed by atoms with Crippen molar-refractivity contribution < 1.29 is 9.90 Å². The molecule has 8 nitrogen and oxygen atoms in total. The number of nitrogens with one attached hydrogen (secondary N) is 1. The molecular formula is C8H10N6O2. The van der Waals surface area contributed by atoms with Gasteiger partial charge in [-0.1, -0.05) is 0 Å². The van der Waals surface area contributed by atoms with Crippen molar-refractivity contribution in [1.29, 1.82) is 0 Å². The molecule has 0 fully saturated rings. The third kappa shape index (κ3) is 1.64. The first-order chi connectivity index (χ1) is 7.50. The summed E-state index contributed by atoms with van der Waals surface area (Å²) in [5, 5.41) is 22.7. The highest BCUT2D eigenvalue weighted by Crippen LogP contribution is 2.14. The first-order valence-electron chi connectivity index (χ1n) is 4.54. The van der Waals surface area contributed by atoms with Crippen LogP contribution in [0.15, 0.2) is 12.4 Å². The molecule has 0 amide bonds. The molecule has 8 heteroatoms. The van der Waals surface area contributed by atoms with Crippen LogP contribution in [-0.2, 0) is 4.79 Å². The molecule has 0 aliphatic rings. The lowest BCUT2D eigenvalue weighted by Crippen LogP contribution is -2.40. The number of tetrazole rings is 1. The second-order valence-electron chi connectivity index (χ2n) is 3.80. The summed E-state index contributed by atoms with van der Waals surface area (Å²) in [5.74, 6) is -0.549. The molecule has 2 rings (SSSR count). The van der Waals surface area contributed by atoms with Crippen LogP contribution >= 0.6 is 0 Å². The Labute approximate surface area is 90.3 Å². The van der Waals surface area contributed by atoms with Gasteiger partial charge >= 0.3 is 5.97 Å². The summed E-state index contributed by atoms with van der Waals surface area (Å²) in [5.41, 5.74) is -0.673. The fraction of sp³-hybridized carbons (Fsp3) is 0.375. The van der Waals surface area contributed by atoms with Gasteiger partial charge in [-0.15, -0.1) is 5.10 Å². The van der Waals surface area contributed by atoms with Crippen LogP contribution in [0.1, 0.15) is 13.8 Å². The molecule has 0 bridgehead atoms. The number of aliphatic carboxylic acids is 1. The van der Waals surface area contributed by atoms with Crippen molar-refractivity contribution >= 4 is 17.4 Å². The number of rotatable bonds is 3. The molecule has 2 N–H and O–H groups in total. The number of nitrogens with zero attached hydrogens (tertiary/aromatic N) is 5. The number of anilines is 1. The first kappa shape index (κ1) is 10.3.